The summed E-state index contributed by atoms with van der Waals surface area (Å²) in [5.74, 6) is 0.252. The quantitative estimate of drug-likeness (QED) is 0.746. The van der Waals surface area contributed by atoms with E-state index in [2.05, 4.69) is 17.1 Å². The number of amides is 1. The summed E-state index contributed by atoms with van der Waals surface area (Å²) < 4.78 is 25.7. The maximum atomic E-state index is 12.3. The van der Waals surface area contributed by atoms with Gasteiger partial charge in [0.15, 0.2) is 0 Å². The van der Waals surface area contributed by atoms with Crippen LogP contribution in [0.4, 0.5) is 0 Å². The molecule has 1 N–H and O–H groups in total. The summed E-state index contributed by atoms with van der Waals surface area (Å²) in [4.78, 5) is 14.8. The lowest BCUT2D eigenvalue weighted by molar-refractivity contribution is -0.126. The number of sulfonamides is 1. The van der Waals surface area contributed by atoms with Gasteiger partial charge < -0.3 is 5.32 Å². The van der Waals surface area contributed by atoms with Crippen LogP contribution in [0.5, 0.6) is 0 Å². The molecule has 0 aromatic carbocycles. The van der Waals surface area contributed by atoms with E-state index in [-0.39, 0.29) is 17.6 Å². The van der Waals surface area contributed by atoms with Crippen molar-refractivity contribution in [1.82, 2.24) is 14.5 Å². The smallest absolute Gasteiger partial charge is 0.223 e. The second-order valence-electron chi connectivity index (χ2n) is 7.16. The van der Waals surface area contributed by atoms with E-state index in [4.69, 9.17) is 0 Å². The number of nitrogens with one attached hydrogen (secondary N) is 1. The number of rotatable bonds is 7. The molecule has 0 spiro atoms. The van der Waals surface area contributed by atoms with Gasteiger partial charge in [-0.25, -0.2) is 12.7 Å². The van der Waals surface area contributed by atoms with Crippen molar-refractivity contribution in [2.75, 3.05) is 38.5 Å². The van der Waals surface area contributed by atoms with E-state index in [9.17, 15) is 13.2 Å². The Kier molecular flexibility index (Phi) is 7.50. The molecule has 2 fully saturated rings. The average Bonchev–Trinajstić information content (AvgIpc) is 2.56. The molecule has 1 amide bonds. The fourth-order valence-corrected chi connectivity index (χ4v) is 5.28. The topological polar surface area (TPSA) is 69.7 Å². The molecule has 0 aromatic rings. The zero-order valence-electron chi connectivity index (χ0n) is 15.2. The van der Waals surface area contributed by atoms with Gasteiger partial charge in [0.25, 0.3) is 0 Å². The first kappa shape index (κ1) is 19.7. The van der Waals surface area contributed by atoms with Gasteiger partial charge in [-0.3, -0.25) is 9.69 Å². The highest BCUT2D eigenvalue weighted by Gasteiger charge is 2.30. The Balaban J connectivity index is 1.69. The van der Waals surface area contributed by atoms with Gasteiger partial charge in [-0.1, -0.05) is 13.3 Å². The van der Waals surface area contributed by atoms with E-state index in [1.54, 1.807) is 4.31 Å². The van der Waals surface area contributed by atoms with Gasteiger partial charge >= 0.3 is 0 Å². The molecule has 0 saturated carbocycles. The molecule has 2 aliphatic heterocycles. The molecule has 0 bridgehead atoms. The zero-order chi connectivity index (χ0) is 17.6. The molecule has 6 nitrogen and oxygen atoms in total. The second-order valence-corrected chi connectivity index (χ2v) is 9.25. The summed E-state index contributed by atoms with van der Waals surface area (Å²) in [6.45, 7) is 7.82. The maximum Gasteiger partial charge on any atom is 0.223 e. The highest BCUT2D eigenvalue weighted by Crippen LogP contribution is 2.20. The van der Waals surface area contributed by atoms with E-state index in [0.717, 1.165) is 13.1 Å². The van der Waals surface area contributed by atoms with Gasteiger partial charge in [0.1, 0.15) is 0 Å². The first-order valence-corrected chi connectivity index (χ1v) is 11.0. The van der Waals surface area contributed by atoms with Crippen LogP contribution in [0.1, 0.15) is 52.4 Å². The van der Waals surface area contributed by atoms with Crippen molar-refractivity contribution in [2.45, 2.75) is 58.4 Å². The van der Waals surface area contributed by atoms with Gasteiger partial charge in [-0.05, 0) is 45.6 Å². The van der Waals surface area contributed by atoms with Crippen molar-refractivity contribution in [2.24, 2.45) is 5.92 Å². The predicted octanol–water partition coefficient (Wildman–Crippen LogP) is 1.43. The fourth-order valence-electron chi connectivity index (χ4n) is 3.74. The predicted molar refractivity (Wildman–Crippen MR) is 96.3 cm³/mol. The minimum Gasteiger partial charge on any atom is -0.355 e. The van der Waals surface area contributed by atoms with Gasteiger partial charge in [-0.2, -0.15) is 0 Å². The fraction of sp³-hybridized carbons (Fsp3) is 0.941. The maximum absolute atomic E-state index is 12.3. The summed E-state index contributed by atoms with van der Waals surface area (Å²) in [6, 6.07) is 0.614. The molecule has 1 atom stereocenters. The van der Waals surface area contributed by atoms with E-state index < -0.39 is 10.0 Å². The third-order valence-corrected chi connectivity index (χ3v) is 7.40. The average molecular weight is 360 g/mol. The summed E-state index contributed by atoms with van der Waals surface area (Å²) in [5.41, 5.74) is 0. The lowest BCUT2D eigenvalue weighted by Crippen LogP contribution is -2.46. The molecule has 0 aromatic heterocycles. The molecular weight excluding hydrogens is 326 g/mol. The zero-order valence-corrected chi connectivity index (χ0v) is 16.0. The molecule has 0 aliphatic carbocycles. The molecule has 24 heavy (non-hydrogen) atoms. The van der Waals surface area contributed by atoms with E-state index in [1.807, 2.05) is 6.92 Å². The van der Waals surface area contributed by atoms with Crippen LogP contribution >= 0.6 is 0 Å². The van der Waals surface area contributed by atoms with Gasteiger partial charge in [0.2, 0.25) is 15.9 Å². The minimum atomic E-state index is -3.13. The Morgan fingerprint density at radius 2 is 1.83 bits per heavy atom. The van der Waals surface area contributed by atoms with Gasteiger partial charge in [-0.15, -0.1) is 0 Å². The molecule has 2 aliphatic rings. The van der Waals surface area contributed by atoms with Crippen molar-refractivity contribution in [3.05, 3.63) is 0 Å². The molecule has 7 heteroatoms. The van der Waals surface area contributed by atoms with Crippen LogP contribution in [-0.2, 0) is 14.8 Å². The van der Waals surface area contributed by atoms with Crippen LogP contribution in [-0.4, -0.2) is 68.0 Å². The number of hydrogen-bond acceptors (Lipinski definition) is 4. The molecular formula is C17H33N3O3S. The van der Waals surface area contributed by atoms with Crippen LogP contribution in [0.2, 0.25) is 0 Å². The highest BCUT2D eigenvalue weighted by atomic mass is 32.2. The molecule has 1 unspecified atom stereocenters. The Bertz CT molecular complexity index is 501. The van der Waals surface area contributed by atoms with E-state index in [0.29, 0.717) is 44.9 Å². The number of piperidine rings is 2. The normalized spacial score (nSPS) is 24.8. The number of carbonyl (C=O) groups is 1. The number of nitrogens with zero attached hydrogens (tertiary/aromatic N) is 2. The SMILES string of the molecule is CCCS(=O)(=O)N1CCC(C(=O)NCCN2CCCCC2C)CC1. The highest BCUT2D eigenvalue weighted by molar-refractivity contribution is 7.89. The van der Waals surface area contributed by atoms with Crippen molar-refractivity contribution >= 4 is 15.9 Å². The minimum absolute atomic E-state index is 0.0446. The van der Waals surface area contributed by atoms with Gasteiger partial charge in [0.05, 0.1) is 5.75 Å². The summed E-state index contributed by atoms with van der Waals surface area (Å²) in [6.07, 6.45) is 5.71. The first-order valence-electron chi connectivity index (χ1n) is 9.43. The van der Waals surface area contributed by atoms with Crippen molar-refractivity contribution in [3.8, 4) is 0 Å². The van der Waals surface area contributed by atoms with Gasteiger partial charge in [0, 0.05) is 38.1 Å². The Morgan fingerprint density at radius 1 is 1.12 bits per heavy atom. The van der Waals surface area contributed by atoms with E-state index >= 15 is 0 Å². The number of carbonyl (C=O) groups excluding carboxylic acids is 1. The Labute approximate surface area is 147 Å². The van der Waals surface area contributed by atoms with Crippen LogP contribution in [0.3, 0.4) is 0 Å². The van der Waals surface area contributed by atoms with Crippen LogP contribution in [0.25, 0.3) is 0 Å². The molecule has 2 saturated heterocycles. The van der Waals surface area contributed by atoms with Crippen molar-refractivity contribution in [3.63, 3.8) is 0 Å². The van der Waals surface area contributed by atoms with Crippen LogP contribution in [0.15, 0.2) is 0 Å². The number of hydrogen-bond donors (Lipinski definition) is 1. The third-order valence-electron chi connectivity index (χ3n) is 5.32. The molecule has 2 heterocycles. The third kappa shape index (κ3) is 5.43. The molecule has 0 radical (unpaired) electrons. The monoisotopic (exact) mass is 359 g/mol. The lowest BCUT2D eigenvalue weighted by Gasteiger charge is -2.34. The standard InChI is InChI=1S/C17H33N3O3S/c1-3-14-24(22,23)20-11-7-16(8-12-20)17(21)18-9-13-19-10-5-4-6-15(19)2/h15-16H,3-14H2,1-2H3,(H,18,21). The lowest BCUT2D eigenvalue weighted by atomic mass is 9.97. The number of likely N-dealkylation sites (tertiary alicyclic amines) is 1. The molecule has 2 rings (SSSR count). The Morgan fingerprint density at radius 3 is 2.46 bits per heavy atom. The van der Waals surface area contributed by atoms with Crippen molar-refractivity contribution in [1.29, 1.82) is 0 Å². The second kappa shape index (κ2) is 9.15. The van der Waals surface area contributed by atoms with Crippen molar-refractivity contribution < 1.29 is 13.2 Å². The van der Waals surface area contributed by atoms with E-state index in [1.165, 1.54) is 19.3 Å². The van der Waals surface area contributed by atoms with Crippen LogP contribution in [0, 0.1) is 5.92 Å². The summed E-state index contributed by atoms with van der Waals surface area (Å²) in [5, 5.41) is 3.05. The van der Waals surface area contributed by atoms with Crippen LogP contribution < -0.4 is 5.32 Å². The largest absolute Gasteiger partial charge is 0.355 e. The summed E-state index contributed by atoms with van der Waals surface area (Å²) in [7, 11) is -3.13. The summed E-state index contributed by atoms with van der Waals surface area (Å²) >= 11 is 0. The molecule has 140 valence electrons. The Hall–Kier alpha value is -0.660. The first-order chi connectivity index (χ1) is 11.4.